The number of allylic oxidation sites excluding steroid dienone is 2. The average molecular weight is 782 g/mol. The Labute approximate surface area is 353 Å². The van der Waals surface area contributed by atoms with E-state index in [1.165, 1.54) is 66.2 Å². The van der Waals surface area contributed by atoms with E-state index in [0.717, 1.165) is 106 Å². The van der Waals surface area contributed by atoms with Crippen LogP contribution in [-0.2, 0) is 25.7 Å². The molecule has 0 atom stereocenters. The summed E-state index contributed by atoms with van der Waals surface area (Å²) in [5.74, 6) is 2.17. The Balaban J connectivity index is 0.962. The SMILES string of the molecule is C1=Cc2c(oc3c2CCc2c(-c4ccc(-c5c6c(c(-c7ccc8ccc9ccc(-c%10ccccc%10)nc9c8n7)c7ccccc57)CCC=C6)cc4)nc4ccccc4c2-3)CC1. The second-order valence-electron chi connectivity index (χ2n) is 16.7. The lowest BCUT2D eigenvalue weighted by molar-refractivity contribution is 0.517. The molecule has 13 rings (SSSR count). The Bertz CT molecular complexity index is 3520. The van der Waals surface area contributed by atoms with Gasteiger partial charge >= 0.3 is 0 Å². The van der Waals surface area contributed by atoms with Gasteiger partial charge in [-0.15, -0.1) is 0 Å². The molecular weight excluding hydrogens is 743 g/mol. The van der Waals surface area contributed by atoms with E-state index in [1.807, 2.05) is 6.07 Å². The highest BCUT2D eigenvalue weighted by molar-refractivity contribution is 6.11. The highest BCUT2D eigenvalue weighted by Crippen LogP contribution is 2.48. The van der Waals surface area contributed by atoms with Gasteiger partial charge in [0, 0.05) is 56.0 Å². The number of rotatable bonds is 4. The first-order chi connectivity index (χ1) is 30.2. The van der Waals surface area contributed by atoms with Gasteiger partial charge in [0.05, 0.1) is 33.6 Å². The number of furan rings is 1. The number of pyridine rings is 3. The fraction of sp³-hybridized carbons (Fsp3) is 0.105. The van der Waals surface area contributed by atoms with Gasteiger partial charge in [-0.25, -0.2) is 15.0 Å². The number of aryl methyl sites for hydroxylation is 1. The first kappa shape index (κ1) is 34.4. The van der Waals surface area contributed by atoms with Crippen LogP contribution in [0.5, 0.6) is 0 Å². The Morgan fingerprint density at radius 3 is 1.84 bits per heavy atom. The van der Waals surface area contributed by atoms with Crippen LogP contribution in [0.15, 0.2) is 156 Å². The number of benzene rings is 6. The first-order valence-corrected chi connectivity index (χ1v) is 21.6. The molecule has 0 unspecified atom stereocenters. The number of hydrogen-bond acceptors (Lipinski definition) is 4. The maximum atomic E-state index is 6.73. The first-order valence-electron chi connectivity index (χ1n) is 21.6. The minimum atomic E-state index is 0.929. The summed E-state index contributed by atoms with van der Waals surface area (Å²) in [5, 5.41) is 5.79. The molecule has 288 valence electrons. The molecule has 0 fully saturated rings. The molecule has 0 N–H and O–H groups in total. The molecule has 0 radical (unpaired) electrons. The molecule has 0 amide bonds. The summed E-state index contributed by atoms with van der Waals surface area (Å²) in [6.45, 7) is 0. The van der Waals surface area contributed by atoms with Gasteiger partial charge in [0.2, 0.25) is 0 Å². The van der Waals surface area contributed by atoms with Crippen molar-refractivity contribution in [1.82, 2.24) is 15.0 Å². The van der Waals surface area contributed by atoms with E-state index in [9.17, 15) is 0 Å². The minimum Gasteiger partial charge on any atom is -0.460 e. The quantitative estimate of drug-likeness (QED) is 0.167. The normalized spacial score (nSPS) is 14.0. The van der Waals surface area contributed by atoms with E-state index in [-0.39, 0.29) is 0 Å². The molecule has 0 saturated carbocycles. The number of nitrogens with zero attached hydrogens (tertiary/aromatic N) is 3. The van der Waals surface area contributed by atoms with Crippen molar-refractivity contribution in [3.63, 3.8) is 0 Å². The van der Waals surface area contributed by atoms with E-state index < -0.39 is 0 Å². The molecular formula is C57H39N3O. The summed E-state index contributed by atoms with van der Waals surface area (Å²) in [7, 11) is 0. The van der Waals surface area contributed by atoms with Gasteiger partial charge in [0.1, 0.15) is 11.5 Å². The molecule has 4 heteroatoms. The van der Waals surface area contributed by atoms with E-state index in [0.29, 0.717) is 0 Å². The number of fused-ring (bicyclic) bond motifs is 12. The number of hydrogen-bond donors (Lipinski definition) is 0. The lowest BCUT2D eigenvalue weighted by Crippen LogP contribution is -2.07. The Morgan fingerprint density at radius 2 is 1.03 bits per heavy atom. The Hall–Kier alpha value is -7.43. The second-order valence-corrected chi connectivity index (χ2v) is 16.7. The van der Waals surface area contributed by atoms with Gasteiger partial charge in [-0.2, -0.15) is 0 Å². The van der Waals surface area contributed by atoms with Crippen LogP contribution >= 0.6 is 0 Å². The average Bonchev–Trinajstić information content (AvgIpc) is 3.72. The van der Waals surface area contributed by atoms with Crippen LogP contribution in [-0.4, -0.2) is 15.0 Å². The van der Waals surface area contributed by atoms with Gasteiger partial charge in [0.25, 0.3) is 0 Å². The smallest absolute Gasteiger partial charge is 0.139 e. The molecule has 3 aliphatic rings. The zero-order valence-electron chi connectivity index (χ0n) is 33.6. The topological polar surface area (TPSA) is 51.8 Å². The minimum absolute atomic E-state index is 0.929. The monoisotopic (exact) mass is 781 g/mol. The van der Waals surface area contributed by atoms with E-state index in [1.54, 1.807) is 0 Å². The van der Waals surface area contributed by atoms with Crippen molar-refractivity contribution in [3.8, 4) is 56.2 Å². The molecule has 0 aliphatic heterocycles. The predicted molar refractivity (Wildman–Crippen MR) is 251 cm³/mol. The van der Waals surface area contributed by atoms with Crippen LogP contribution < -0.4 is 0 Å². The van der Waals surface area contributed by atoms with Gasteiger partial charge in [-0.3, -0.25) is 0 Å². The summed E-state index contributed by atoms with van der Waals surface area (Å²) in [4.78, 5) is 16.1. The zero-order chi connectivity index (χ0) is 40.0. The maximum absolute atomic E-state index is 6.73. The van der Waals surface area contributed by atoms with Crippen molar-refractivity contribution in [2.24, 2.45) is 0 Å². The second kappa shape index (κ2) is 13.6. The van der Waals surface area contributed by atoms with Crippen molar-refractivity contribution in [1.29, 1.82) is 0 Å². The third kappa shape index (κ3) is 5.35. The fourth-order valence-corrected chi connectivity index (χ4v) is 10.5. The van der Waals surface area contributed by atoms with Crippen molar-refractivity contribution in [3.05, 3.63) is 185 Å². The maximum Gasteiger partial charge on any atom is 0.139 e. The number of aromatic nitrogens is 3. The van der Waals surface area contributed by atoms with Crippen molar-refractivity contribution >= 4 is 55.6 Å². The van der Waals surface area contributed by atoms with Crippen LogP contribution in [0, 0.1) is 0 Å². The lowest BCUT2D eigenvalue weighted by atomic mass is 9.80. The van der Waals surface area contributed by atoms with Crippen LogP contribution in [0.1, 0.15) is 46.4 Å². The molecule has 4 heterocycles. The molecule has 3 aliphatic carbocycles. The highest BCUT2D eigenvalue weighted by atomic mass is 16.3. The lowest BCUT2D eigenvalue weighted by Gasteiger charge is -2.24. The predicted octanol–water partition coefficient (Wildman–Crippen LogP) is 14.4. The van der Waals surface area contributed by atoms with E-state index in [4.69, 9.17) is 19.4 Å². The standard InChI is InChI=1S/C57H39N3O/c1-2-12-34(13-3-1)47-32-28-37-26-27-38-29-33-49(60-56(38)55(37)58-47)52-42-17-6-4-15-40(42)51(41-16-5-7-18-43(41)52)35-22-24-36(25-23-35)54-46-31-30-44-39-14-9-11-21-50(39)61-57(44)53(46)45-19-8-10-20-48(45)59-54/h1-6,8-10,12-17,19-20,22-29,32-33H,7,11,18,21,30-31H2. The summed E-state index contributed by atoms with van der Waals surface area (Å²) in [6.07, 6.45) is 15.1. The summed E-state index contributed by atoms with van der Waals surface area (Å²) < 4.78 is 6.73. The van der Waals surface area contributed by atoms with Gasteiger partial charge < -0.3 is 4.42 Å². The van der Waals surface area contributed by atoms with Crippen molar-refractivity contribution in [2.45, 2.75) is 38.5 Å². The van der Waals surface area contributed by atoms with Crippen LogP contribution in [0.25, 0.3) is 112 Å². The Morgan fingerprint density at radius 1 is 0.410 bits per heavy atom. The summed E-state index contributed by atoms with van der Waals surface area (Å²) in [5.41, 5.74) is 19.6. The Kier molecular flexibility index (Phi) is 7.65. The van der Waals surface area contributed by atoms with Gasteiger partial charge in [-0.05, 0) is 88.9 Å². The van der Waals surface area contributed by atoms with Crippen LogP contribution in [0.2, 0.25) is 0 Å². The number of para-hydroxylation sites is 1. The molecule has 61 heavy (non-hydrogen) atoms. The molecule has 0 saturated heterocycles. The molecule has 4 nitrogen and oxygen atoms in total. The van der Waals surface area contributed by atoms with Crippen molar-refractivity contribution in [2.75, 3.05) is 0 Å². The third-order valence-electron chi connectivity index (χ3n) is 13.3. The molecule has 0 spiro atoms. The third-order valence-corrected chi connectivity index (χ3v) is 13.3. The van der Waals surface area contributed by atoms with E-state index >= 15 is 0 Å². The van der Waals surface area contributed by atoms with E-state index in [2.05, 4.69) is 158 Å². The molecule has 10 aromatic rings. The largest absolute Gasteiger partial charge is 0.460 e. The molecule has 0 bridgehead atoms. The van der Waals surface area contributed by atoms with Crippen molar-refractivity contribution < 1.29 is 4.42 Å². The summed E-state index contributed by atoms with van der Waals surface area (Å²) >= 11 is 0. The van der Waals surface area contributed by atoms with Crippen LogP contribution in [0.3, 0.4) is 0 Å². The summed E-state index contributed by atoms with van der Waals surface area (Å²) in [6, 6.07) is 50.1. The van der Waals surface area contributed by atoms with Crippen LogP contribution in [0.4, 0.5) is 0 Å². The van der Waals surface area contributed by atoms with Gasteiger partial charge in [0.15, 0.2) is 0 Å². The highest BCUT2D eigenvalue weighted by Gasteiger charge is 2.31. The van der Waals surface area contributed by atoms with Gasteiger partial charge in [-0.1, -0.05) is 146 Å². The fourth-order valence-electron chi connectivity index (χ4n) is 10.5. The molecule has 4 aromatic heterocycles. The molecule has 6 aromatic carbocycles. The zero-order valence-corrected chi connectivity index (χ0v) is 33.6.